The molecule has 7 rings (SSSR count). The van der Waals surface area contributed by atoms with E-state index in [2.05, 4.69) is 100.0 Å². The van der Waals surface area contributed by atoms with Gasteiger partial charge in [0.25, 0.3) is 0 Å². The number of para-hydroxylation sites is 1. The van der Waals surface area contributed by atoms with E-state index in [0.29, 0.717) is 0 Å². The van der Waals surface area contributed by atoms with Gasteiger partial charge in [0.15, 0.2) is 0 Å². The summed E-state index contributed by atoms with van der Waals surface area (Å²) in [4.78, 5) is 4.70. The van der Waals surface area contributed by atoms with Gasteiger partial charge in [-0.2, -0.15) is 5.10 Å². The first-order valence-corrected chi connectivity index (χ1v) is 14.2. The molecule has 0 fully saturated rings. The summed E-state index contributed by atoms with van der Waals surface area (Å²) < 4.78 is 10.6. The third-order valence-corrected chi connectivity index (χ3v) is 8.33. The standard InChI is InChI=1S/C37H32N4O/c1-23-15-16-38-36(17-23)41-34-12-7-6-11-32(34)33-14-13-31(20-35(33)41)42-30-10-8-9-29(19-30)40-22-28(21-39-40)37-26(4)24(2)18-25(3)27(37)5/h6-22H,1-5H3. The molecule has 7 aromatic rings. The zero-order valence-electron chi connectivity index (χ0n) is 24.5. The third-order valence-electron chi connectivity index (χ3n) is 8.33. The van der Waals surface area contributed by atoms with Crippen molar-refractivity contribution in [1.29, 1.82) is 0 Å². The summed E-state index contributed by atoms with van der Waals surface area (Å²) in [7, 11) is 0. The van der Waals surface area contributed by atoms with Gasteiger partial charge in [-0.1, -0.05) is 30.3 Å². The van der Waals surface area contributed by atoms with Crippen molar-refractivity contribution in [2.75, 3.05) is 0 Å². The summed E-state index contributed by atoms with van der Waals surface area (Å²) in [6, 6.07) is 29.2. The fourth-order valence-electron chi connectivity index (χ4n) is 5.97. The van der Waals surface area contributed by atoms with Gasteiger partial charge in [0, 0.05) is 40.9 Å². The van der Waals surface area contributed by atoms with E-state index in [9.17, 15) is 0 Å². The summed E-state index contributed by atoms with van der Waals surface area (Å²) in [5.41, 5.74) is 11.8. The van der Waals surface area contributed by atoms with Crippen LogP contribution < -0.4 is 4.74 Å². The highest BCUT2D eigenvalue weighted by Crippen LogP contribution is 2.36. The van der Waals surface area contributed by atoms with Gasteiger partial charge in [-0.15, -0.1) is 0 Å². The summed E-state index contributed by atoms with van der Waals surface area (Å²) in [5.74, 6) is 2.40. The van der Waals surface area contributed by atoms with E-state index in [1.165, 1.54) is 38.8 Å². The molecule has 0 amide bonds. The van der Waals surface area contributed by atoms with Crippen LogP contribution in [0, 0.1) is 34.6 Å². The minimum atomic E-state index is 0.749. The molecule has 0 unspecified atom stereocenters. The first-order valence-electron chi connectivity index (χ1n) is 14.2. The Balaban J connectivity index is 1.25. The van der Waals surface area contributed by atoms with Crippen molar-refractivity contribution in [1.82, 2.24) is 19.3 Å². The molecular formula is C37H32N4O. The SMILES string of the molecule is Cc1ccnc(-n2c3ccccc3c3ccc(Oc4cccc(-n5cc(-c6c(C)c(C)cc(C)c6C)cn5)c4)cc32)c1. The molecule has 0 radical (unpaired) electrons. The molecule has 0 atom stereocenters. The molecule has 0 spiro atoms. The normalized spacial score (nSPS) is 11.5. The Kier molecular flexibility index (Phi) is 6.16. The van der Waals surface area contributed by atoms with Gasteiger partial charge in [-0.3, -0.25) is 4.57 Å². The molecular weight excluding hydrogens is 516 g/mol. The summed E-state index contributed by atoms with van der Waals surface area (Å²) in [6.45, 7) is 10.8. The minimum Gasteiger partial charge on any atom is -0.457 e. The molecule has 0 saturated heterocycles. The van der Waals surface area contributed by atoms with E-state index >= 15 is 0 Å². The molecule has 3 aromatic heterocycles. The zero-order valence-corrected chi connectivity index (χ0v) is 24.5. The molecule has 206 valence electrons. The van der Waals surface area contributed by atoms with E-state index in [1.54, 1.807) is 0 Å². The first-order chi connectivity index (χ1) is 20.4. The Morgan fingerprint density at radius 2 is 1.43 bits per heavy atom. The Morgan fingerprint density at radius 1 is 0.667 bits per heavy atom. The highest BCUT2D eigenvalue weighted by Gasteiger charge is 2.15. The van der Waals surface area contributed by atoms with Gasteiger partial charge >= 0.3 is 0 Å². The Labute approximate surface area is 245 Å². The van der Waals surface area contributed by atoms with Crippen molar-refractivity contribution >= 4 is 21.8 Å². The average Bonchev–Trinajstić information content (AvgIpc) is 3.60. The van der Waals surface area contributed by atoms with Crippen molar-refractivity contribution in [3.8, 4) is 34.1 Å². The lowest BCUT2D eigenvalue weighted by Gasteiger charge is -2.14. The van der Waals surface area contributed by atoms with Crippen molar-refractivity contribution < 1.29 is 4.74 Å². The first kappa shape index (κ1) is 25.8. The van der Waals surface area contributed by atoms with E-state index in [1.807, 2.05) is 47.4 Å². The van der Waals surface area contributed by atoms with Crippen LogP contribution in [0.15, 0.2) is 104 Å². The molecule has 5 heteroatoms. The van der Waals surface area contributed by atoms with E-state index in [0.717, 1.165) is 45.0 Å². The largest absolute Gasteiger partial charge is 0.457 e. The highest BCUT2D eigenvalue weighted by atomic mass is 16.5. The van der Waals surface area contributed by atoms with Crippen molar-refractivity contribution in [2.45, 2.75) is 34.6 Å². The number of ether oxygens (including phenoxy) is 1. The van der Waals surface area contributed by atoms with Crippen molar-refractivity contribution in [2.24, 2.45) is 0 Å². The van der Waals surface area contributed by atoms with E-state index in [-0.39, 0.29) is 0 Å². The fraction of sp³-hybridized carbons (Fsp3) is 0.135. The molecule has 0 aliphatic carbocycles. The van der Waals surface area contributed by atoms with Gasteiger partial charge < -0.3 is 4.74 Å². The average molecular weight is 549 g/mol. The molecule has 0 saturated carbocycles. The Hall–Kier alpha value is -5.16. The number of benzene rings is 4. The van der Waals surface area contributed by atoms with Crippen LogP contribution in [0.2, 0.25) is 0 Å². The Morgan fingerprint density at radius 3 is 2.24 bits per heavy atom. The second kappa shape index (κ2) is 10.0. The molecule has 42 heavy (non-hydrogen) atoms. The predicted octanol–water partition coefficient (Wildman–Crippen LogP) is 9.37. The molecule has 0 N–H and O–H groups in total. The number of nitrogens with zero attached hydrogens (tertiary/aromatic N) is 4. The van der Waals surface area contributed by atoms with Crippen LogP contribution in [0.3, 0.4) is 0 Å². The number of rotatable bonds is 5. The Bertz CT molecular complexity index is 2110. The lowest BCUT2D eigenvalue weighted by atomic mass is 9.91. The lowest BCUT2D eigenvalue weighted by molar-refractivity contribution is 0.483. The zero-order chi connectivity index (χ0) is 29.0. The molecule has 0 bridgehead atoms. The van der Waals surface area contributed by atoms with Gasteiger partial charge in [0.2, 0.25) is 0 Å². The van der Waals surface area contributed by atoms with Crippen molar-refractivity contribution in [3.63, 3.8) is 0 Å². The number of fused-ring (bicyclic) bond motifs is 3. The monoisotopic (exact) mass is 548 g/mol. The predicted molar refractivity (Wildman–Crippen MR) is 171 cm³/mol. The summed E-state index contributed by atoms with van der Waals surface area (Å²) in [5, 5.41) is 7.07. The molecule has 0 aliphatic rings. The van der Waals surface area contributed by atoms with Crippen LogP contribution in [0.1, 0.15) is 27.8 Å². The summed E-state index contributed by atoms with van der Waals surface area (Å²) >= 11 is 0. The van der Waals surface area contributed by atoms with Crippen LogP contribution >= 0.6 is 0 Å². The topological polar surface area (TPSA) is 44.9 Å². The van der Waals surface area contributed by atoms with Crippen LogP contribution in [-0.2, 0) is 0 Å². The quantitative estimate of drug-likeness (QED) is 0.215. The third kappa shape index (κ3) is 4.34. The maximum absolute atomic E-state index is 6.45. The lowest BCUT2D eigenvalue weighted by Crippen LogP contribution is -1.98. The van der Waals surface area contributed by atoms with Crippen LogP contribution in [0.5, 0.6) is 11.5 Å². The van der Waals surface area contributed by atoms with Crippen LogP contribution in [-0.4, -0.2) is 19.3 Å². The smallest absolute Gasteiger partial charge is 0.137 e. The number of aromatic nitrogens is 4. The van der Waals surface area contributed by atoms with Crippen molar-refractivity contribution in [3.05, 3.63) is 131 Å². The maximum atomic E-state index is 6.45. The second-order valence-electron chi connectivity index (χ2n) is 11.1. The van der Waals surface area contributed by atoms with Gasteiger partial charge in [-0.05, 0) is 110 Å². The number of hydrogen-bond donors (Lipinski definition) is 0. The van der Waals surface area contributed by atoms with Gasteiger partial charge in [-0.25, -0.2) is 9.67 Å². The van der Waals surface area contributed by atoms with Gasteiger partial charge in [0.1, 0.15) is 17.3 Å². The molecule has 3 heterocycles. The van der Waals surface area contributed by atoms with E-state index < -0.39 is 0 Å². The van der Waals surface area contributed by atoms with Gasteiger partial charge in [0.05, 0.1) is 22.9 Å². The molecule has 5 nitrogen and oxygen atoms in total. The number of aryl methyl sites for hydroxylation is 3. The second-order valence-corrected chi connectivity index (χ2v) is 11.1. The minimum absolute atomic E-state index is 0.749. The highest BCUT2D eigenvalue weighted by molar-refractivity contribution is 6.09. The van der Waals surface area contributed by atoms with Crippen LogP contribution in [0.4, 0.5) is 0 Å². The number of hydrogen-bond acceptors (Lipinski definition) is 3. The molecule has 0 aliphatic heterocycles. The van der Waals surface area contributed by atoms with Crippen LogP contribution in [0.25, 0.3) is 44.4 Å². The number of pyridine rings is 1. The molecule has 4 aromatic carbocycles. The summed E-state index contributed by atoms with van der Waals surface area (Å²) in [6.07, 6.45) is 5.92. The van der Waals surface area contributed by atoms with E-state index in [4.69, 9.17) is 14.8 Å². The maximum Gasteiger partial charge on any atom is 0.137 e. The fourth-order valence-corrected chi connectivity index (χ4v) is 5.97.